The first-order valence-corrected chi connectivity index (χ1v) is 6.06. The minimum Gasteiger partial charge on any atom is -0.354 e. The smallest absolute Gasteiger partial charge is 0.0333 e. The molecule has 0 radical (unpaired) electrons. The Bertz CT molecular complexity index is 302. The van der Waals surface area contributed by atoms with E-state index in [-0.39, 0.29) is 6.04 Å². The summed E-state index contributed by atoms with van der Waals surface area (Å²) in [6.07, 6.45) is 5.49. The molecule has 0 aliphatic rings. The molecule has 0 saturated carbocycles. The molecule has 0 aliphatic heterocycles. The maximum absolute atomic E-state index is 6.11. The zero-order valence-electron chi connectivity index (χ0n) is 11.0. The first-order chi connectivity index (χ1) is 7.50. The van der Waals surface area contributed by atoms with Crippen molar-refractivity contribution in [2.45, 2.75) is 32.9 Å². The van der Waals surface area contributed by atoms with Gasteiger partial charge in [0.1, 0.15) is 0 Å². The number of aromatic nitrogens is 1. The molecule has 0 bridgehead atoms. The first-order valence-electron chi connectivity index (χ1n) is 6.06. The summed E-state index contributed by atoms with van der Waals surface area (Å²) in [5, 5.41) is 0. The molecule has 0 amide bonds. The summed E-state index contributed by atoms with van der Waals surface area (Å²) in [5.41, 5.74) is 7.36. The second-order valence-electron chi connectivity index (χ2n) is 5.11. The monoisotopic (exact) mass is 223 g/mol. The van der Waals surface area contributed by atoms with Crippen molar-refractivity contribution >= 4 is 0 Å². The van der Waals surface area contributed by atoms with Gasteiger partial charge in [0.25, 0.3) is 0 Å². The lowest BCUT2D eigenvalue weighted by Crippen LogP contribution is -2.16. The first kappa shape index (κ1) is 13.3. The van der Waals surface area contributed by atoms with E-state index in [0.29, 0.717) is 5.92 Å². The highest BCUT2D eigenvalue weighted by Gasteiger charge is 2.11. The van der Waals surface area contributed by atoms with Crippen LogP contribution in [0.5, 0.6) is 0 Å². The molecule has 0 fully saturated rings. The predicted octanol–water partition coefficient (Wildman–Crippen LogP) is 2.10. The van der Waals surface area contributed by atoms with Crippen LogP contribution in [0.1, 0.15) is 31.9 Å². The predicted molar refractivity (Wildman–Crippen MR) is 69.4 cm³/mol. The van der Waals surface area contributed by atoms with E-state index < -0.39 is 0 Å². The van der Waals surface area contributed by atoms with Gasteiger partial charge in [0.2, 0.25) is 0 Å². The lowest BCUT2D eigenvalue weighted by Gasteiger charge is -2.13. The standard InChI is InChI=1S/C13H25N3/c1-11(2)13(14)12-6-9-16(10-12)8-5-7-15(3)4/h6,9-11,13H,5,7-8,14H2,1-4H3. The fourth-order valence-electron chi connectivity index (χ4n) is 1.75. The number of rotatable bonds is 6. The zero-order chi connectivity index (χ0) is 12.1. The molecule has 3 nitrogen and oxygen atoms in total. The molecule has 0 aromatic carbocycles. The summed E-state index contributed by atoms with van der Waals surface area (Å²) < 4.78 is 2.24. The van der Waals surface area contributed by atoms with Gasteiger partial charge in [-0.15, -0.1) is 0 Å². The Kier molecular flexibility index (Phi) is 5.03. The largest absolute Gasteiger partial charge is 0.354 e. The maximum Gasteiger partial charge on any atom is 0.0333 e. The van der Waals surface area contributed by atoms with E-state index in [1.807, 2.05) is 0 Å². The van der Waals surface area contributed by atoms with Crippen LogP contribution in [0.4, 0.5) is 0 Å². The molecule has 1 aromatic heterocycles. The molecule has 1 heterocycles. The van der Waals surface area contributed by atoms with E-state index in [1.54, 1.807) is 0 Å². The van der Waals surface area contributed by atoms with E-state index in [1.165, 1.54) is 12.0 Å². The van der Waals surface area contributed by atoms with Crippen LogP contribution >= 0.6 is 0 Å². The molecule has 1 rings (SSSR count). The van der Waals surface area contributed by atoms with E-state index in [2.05, 4.69) is 55.9 Å². The minimum absolute atomic E-state index is 0.162. The van der Waals surface area contributed by atoms with Crippen LogP contribution in [-0.4, -0.2) is 30.1 Å². The van der Waals surface area contributed by atoms with Crippen molar-refractivity contribution in [3.63, 3.8) is 0 Å². The molecule has 1 aromatic rings. The van der Waals surface area contributed by atoms with Crippen LogP contribution in [0.25, 0.3) is 0 Å². The van der Waals surface area contributed by atoms with Gasteiger partial charge in [-0.3, -0.25) is 0 Å². The third-order valence-corrected chi connectivity index (χ3v) is 2.90. The van der Waals surface area contributed by atoms with Gasteiger partial charge in [0.05, 0.1) is 0 Å². The quantitative estimate of drug-likeness (QED) is 0.801. The van der Waals surface area contributed by atoms with Gasteiger partial charge in [-0.05, 0) is 44.6 Å². The Balaban J connectivity index is 2.45. The van der Waals surface area contributed by atoms with Gasteiger partial charge in [-0.2, -0.15) is 0 Å². The van der Waals surface area contributed by atoms with Gasteiger partial charge in [-0.1, -0.05) is 13.8 Å². The van der Waals surface area contributed by atoms with Gasteiger partial charge in [0.15, 0.2) is 0 Å². The van der Waals surface area contributed by atoms with Crippen LogP contribution in [0.15, 0.2) is 18.5 Å². The lowest BCUT2D eigenvalue weighted by molar-refractivity contribution is 0.386. The van der Waals surface area contributed by atoms with Crippen molar-refractivity contribution < 1.29 is 0 Å². The molecule has 0 saturated heterocycles. The molecule has 2 N–H and O–H groups in total. The average molecular weight is 223 g/mol. The van der Waals surface area contributed by atoms with Crippen LogP contribution in [0.3, 0.4) is 0 Å². The Morgan fingerprint density at radius 3 is 2.62 bits per heavy atom. The van der Waals surface area contributed by atoms with Gasteiger partial charge in [0, 0.05) is 25.0 Å². The van der Waals surface area contributed by atoms with E-state index in [4.69, 9.17) is 5.73 Å². The van der Waals surface area contributed by atoms with Crippen molar-refractivity contribution in [1.82, 2.24) is 9.47 Å². The van der Waals surface area contributed by atoms with Gasteiger partial charge < -0.3 is 15.2 Å². The van der Waals surface area contributed by atoms with Crippen LogP contribution in [0, 0.1) is 5.92 Å². The van der Waals surface area contributed by atoms with Crippen LogP contribution in [0.2, 0.25) is 0 Å². The second-order valence-corrected chi connectivity index (χ2v) is 5.11. The van der Waals surface area contributed by atoms with E-state index in [9.17, 15) is 0 Å². The lowest BCUT2D eigenvalue weighted by atomic mass is 10.00. The summed E-state index contributed by atoms with van der Waals surface area (Å²) in [7, 11) is 4.21. The molecule has 3 heteroatoms. The Hall–Kier alpha value is -0.800. The van der Waals surface area contributed by atoms with Gasteiger partial charge in [-0.25, -0.2) is 0 Å². The highest BCUT2D eigenvalue weighted by Crippen LogP contribution is 2.18. The summed E-state index contributed by atoms with van der Waals surface area (Å²) >= 11 is 0. The summed E-state index contributed by atoms with van der Waals surface area (Å²) in [4.78, 5) is 2.21. The van der Waals surface area contributed by atoms with E-state index >= 15 is 0 Å². The minimum atomic E-state index is 0.162. The third-order valence-electron chi connectivity index (χ3n) is 2.90. The Morgan fingerprint density at radius 1 is 1.38 bits per heavy atom. The Morgan fingerprint density at radius 2 is 2.06 bits per heavy atom. The van der Waals surface area contributed by atoms with Crippen molar-refractivity contribution in [2.75, 3.05) is 20.6 Å². The molecule has 0 aliphatic carbocycles. The molecule has 16 heavy (non-hydrogen) atoms. The zero-order valence-corrected chi connectivity index (χ0v) is 11.0. The second kappa shape index (κ2) is 6.06. The molecule has 92 valence electrons. The van der Waals surface area contributed by atoms with Crippen molar-refractivity contribution in [3.8, 4) is 0 Å². The topological polar surface area (TPSA) is 34.2 Å². The summed E-state index contributed by atoms with van der Waals surface area (Å²) in [6.45, 7) is 6.52. The normalized spacial score (nSPS) is 13.7. The molecular weight excluding hydrogens is 198 g/mol. The fraction of sp³-hybridized carbons (Fsp3) is 0.692. The molecular formula is C13H25N3. The number of hydrogen-bond acceptors (Lipinski definition) is 2. The SMILES string of the molecule is CC(C)C(N)c1ccn(CCCN(C)C)c1. The van der Waals surface area contributed by atoms with Crippen molar-refractivity contribution in [1.29, 1.82) is 0 Å². The number of nitrogens with two attached hydrogens (primary N) is 1. The van der Waals surface area contributed by atoms with Crippen molar-refractivity contribution in [2.24, 2.45) is 11.7 Å². The highest BCUT2D eigenvalue weighted by molar-refractivity contribution is 5.15. The number of hydrogen-bond donors (Lipinski definition) is 1. The van der Waals surface area contributed by atoms with E-state index in [0.717, 1.165) is 13.1 Å². The molecule has 1 unspecified atom stereocenters. The van der Waals surface area contributed by atoms with Gasteiger partial charge >= 0.3 is 0 Å². The highest BCUT2D eigenvalue weighted by atomic mass is 15.1. The van der Waals surface area contributed by atoms with Crippen LogP contribution < -0.4 is 5.73 Å². The molecule has 0 spiro atoms. The average Bonchev–Trinajstić information content (AvgIpc) is 2.64. The van der Waals surface area contributed by atoms with Crippen molar-refractivity contribution in [3.05, 3.63) is 24.0 Å². The van der Waals surface area contributed by atoms with Crippen LogP contribution in [-0.2, 0) is 6.54 Å². The third kappa shape index (κ3) is 3.99. The summed E-state index contributed by atoms with van der Waals surface area (Å²) in [6, 6.07) is 2.30. The number of aryl methyl sites for hydroxylation is 1. The number of nitrogens with zero attached hydrogens (tertiary/aromatic N) is 2. The molecule has 1 atom stereocenters. The maximum atomic E-state index is 6.11. The fourth-order valence-corrected chi connectivity index (χ4v) is 1.75. The Labute approximate surface area is 99.2 Å². The summed E-state index contributed by atoms with van der Waals surface area (Å²) in [5.74, 6) is 0.498.